The molecule has 0 unspecified atom stereocenters. The molecule has 1 aliphatic heterocycles. The van der Waals surface area contributed by atoms with Gasteiger partial charge in [0.2, 0.25) is 6.29 Å². The molecule has 7 N–H and O–H groups in total. The predicted octanol–water partition coefficient (Wildman–Crippen LogP) is -0.601. The van der Waals surface area contributed by atoms with Crippen molar-refractivity contribution in [1.29, 1.82) is 0 Å². The third-order valence-electron chi connectivity index (χ3n) is 6.08. The van der Waals surface area contributed by atoms with Crippen molar-refractivity contribution in [2.75, 3.05) is 6.61 Å². The van der Waals surface area contributed by atoms with Crippen molar-refractivity contribution >= 4 is 35.7 Å². The second-order valence-corrected chi connectivity index (χ2v) is 11.1. The molecule has 6 atom stereocenters. The minimum Gasteiger partial charge on any atom is -0.481 e. The molecule has 0 radical (unpaired) electrons. The Morgan fingerprint density at radius 2 is 1.67 bits per heavy atom. The Balaban J connectivity index is 2.22. The van der Waals surface area contributed by atoms with Gasteiger partial charge in [-0.2, -0.15) is 5.48 Å². The molecule has 18 nitrogen and oxygen atoms in total. The highest BCUT2D eigenvalue weighted by atomic mass is 16.7. The lowest BCUT2D eigenvalue weighted by Gasteiger charge is -2.38. The van der Waals surface area contributed by atoms with Gasteiger partial charge in [-0.15, -0.1) is 0 Å². The Morgan fingerprint density at radius 1 is 1.00 bits per heavy atom. The molecule has 0 spiro atoms. The molecule has 1 aromatic carbocycles. The third-order valence-corrected chi connectivity index (χ3v) is 6.08. The van der Waals surface area contributed by atoms with Crippen LogP contribution in [0.4, 0.5) is 4.79 Å². The Bertz CT molecular complexity index is 1280. The highest BCUT2D eigenvalue weighted by molar-refractivity contribution is 6.01. The van der Waals surface area contributed by atoms with E-state index in [1.54, 1.807) is 20.8 Å². The normalized spacial score (nSPS) is 21.8. The van der Waals surface area contributed by atoms with E-state index in [-0.39, 0.29) is 42.9 Å². The number of carboxylic acid groups (broad SMARTS) is 2. The number of rotatable bonds is 15. The molecule has 2 amide bonds. The Hall–Kier alpha value is -4.36. The average Bonchev–Trinajstić information content (AvgIpc) is 2.94. The van der Waals surface area contributed by atoms with Gasteiger partial charge in [-0.3, -0.25) is 24.0 Å². The number of hydrogen-bond donors (Lipinski definition) is 7. The maximum absolute atomic E-state index is 13.4. The van der Waals surface area contributed by atoms with Crippen molar-refractivity contribution in [1.82, 2.24) is 10.8 Å². The van der Waals surface area contributed by atoms with E-state index in [1.165, 1.54) is 18.2 Å². The summed E-state index contributed by atoms with van der Waals surface area (Å²) in [7, 11) is 0. The molecule has 0 aliphatic carbocycles. The van der Waals surface area contributed by atoms with Crippen LogP contribution in [-0.2, 0) is 44.8 Å². The van der Waals surface area contributed by atoms with Crippen molar-refractivity contribution in [2.45, 2.75) is 95.9 Å². The smallest absolute Gasteiger partial charge is 0.431 e. The molecule has 256 valence electrons. The van der Waals surface area contributed by atoms with E-state index >= 15 is 0 Å². The first kappa shape index (κ1) is 37.8. The van der Waals surface area contributed by atoms with E-state index in [0.29, 0.717) is 0 Å². The number of ketones is 1. The first-order valence-electron chi connectivity index (χ1n) is 13.9. The number of hydrogen-bond acceptors (Lipinski definition) is 14. The van der Waals surface area contributed by atoms with E-state index in [9.17, 15) is 54.3 Å². The predicted molar refractivity (Wildman–Crippen MR) is 150 cm³/mol. The molecule has 18 heteroatoms. The van der Waals surface area contributed by atoms with Crippen molar-refractivity contribution in [3.63, 3.8) is 0 Å². The maximum atomic E-state index is 13.4. The van der Waals surface area contributed by atoms with Crippen molar-refractivity contribution in [3.8, 4) is 5.75 Å². The molecule has 0 aromatic heterocycles. The number of carboxylic acids is 2. The average molecular weight is 659 g/mol. The number of aliphatic carboxylic acids is 2. The second-order valence-electron chi connectivity index (χ2n) is 11.1. The van der Waals surface area contributed by atoms with E-state index < -0.39 is 84.5 Å². The summed E-state index contributed by atoms with van der Waals surface area (Å²) in [4.78, 5) is 77.2. The molecule has 1 heterocycles. The van der Waals surface area contributed by atoms with E-state index in [1.807, 2.05) is 5.48 Å². The van der Waals surface area contributed by atoms with Gasteiger partial charge in [0.1, 0.15) is 36.3 Å². The van der Waals surface area contributed by atoms with Gasteiger partial charge < -0.3 is 49.8 Å². The third kappa shape index (κ3) is 11.9. The Kier molecular flexibility index (Phi) is 13.8. The van der Waals surface area contributed by atoms with Gasteiger partial charge in [0, 0.05) is 13.3 Å². The fourth-order valence-electron chi connectivity index (χ4n) is 3.96. The highest BCUT2D eigenvalue weighted by Crippen LogP contribution is 2.28. The summed E-state index contributed by atoms with van der Waals surface area (Å²) >= 11 is 0. The molecule has 1 fully saturated rings. The lowest BCUT2D eigenvalue weighted by molar-refractivity contribution is -0.271. The lowest BCUT2D eigenvalue weighted by atomic mass is 9.99. The van der Waals surface area contributed by atoms with Gasteiger partial charge >= 0.3 is 24.0 Å². The van der Waals surface area contributed by atoms with Crippen LogP contribution in [0.2, 0.25) is 0 Å². The number of esters is 1. The number of hydroxylamine groups is 1. The van der Waals surface area contributed by atoms with Crippen LogP contribution >= 0.6 is 0 Å². The molecule has 2 rings (SSSR count). The molecule has 1 aliphatic rings. The van der Waals surface area contributed by atoms with Crippen molar-refractivity contribution < 1.29 is 78.1 Å². The van der Waals surface area contributed by atoms with Crippen LogP contribution in [0, 0.1) is 0 Å². The topological polar surface area (TPSA) is 274 Å². The largest absolute Gasteiger partial charge is 0.481 e. The number of carbonyl (C=O) groups excluding carboxylic acids is 4. The molecule has 0 bridgehead atoms. The molecule has 1 aromatic rings. The van der Waals surface area contributed by atoms with E-state index in [2.05, 4.69) is 5.32 Å². The second kappa shape index (κ2) is 16.8. The monoisotopic (exact) mass is 658 g/mol. The minimum atomic E-state index is -2.01. The standard InChI is InChI=1S/C28H38N2O16/c1-13(31)42-12-14-7-8-18(44-26-22(37)20(35)21(36)23(45-26)25(39)40)15(10-14)24(38)29-16(11-19(33)34)17(32)6-5-9-43-30-27(41)46-28(2,3)4/h7-8,10,16,20-23,26,35-37H,5-6,9,11-12H2,1-4H3,(H,29,38)(H,30,41)(H,33,34)(H,39,40)/t16-,20-,21-,22+,23-,26+/m0/s1. The summed E-state index contributed by atoms with van der Waals surface area (Å²) < 4.78 is 20.6. The maximum Gasteiger partial charge on any atom is 0.431 e. The van der Waals surface area contributed by atoms with Gasteiger partial charge in [-0.1, -0.05) is 6.07 Å². The molecule has 0 saturated carbocycles. The number of amides is 2. The number of ether oxygens (including phenoxy) is 4. The number of carbonyl (C=O) groups is 6. The Labute approximate surface area is 262 Å². The van der Waals surface area contributed by atoms with Gasteiger partial charge in [0.05, 0.1) is 24.6 Å². The summed E-state index contributed by atoms with van der Waals surface area (Å²) in [5.74, 6) is -5.88. The zero-order valence-electron chi connectivity index (χ0n) is 25.5. The van der Waals surface area contributed by atoms with E-state index in [0.717, 1.165) is 6.92 Å². The first-order chi connectivity index (χ1) is 21.4. The Morgan fingerprint density at radius 3 is 2.26 bits per heavy atom. The van der Waals surface area contributed by atoms with Crippen LogP contribution in [0.25, 0.3) is 0 Å². The molecule has 1 saturated heterocycles. The fraction of sp³-hybridized carbons (Fsp3) is 0.571. The van der Waals surface area contributed by atoms with E-state index in [4.69, 9.17) is 23.8 Å². The van der Waals surface area contributed by atoms with Crippen molar-refractivity contribution in [2.24, 2.45) is 0 Å². The van der Waals surface area contributed by atoms with Crippen LogP contribution in [0.3, 0.4) is 0 Å². The zero-order chi connectivity index (χ0) is 34.8. The van der Waals surface area contributed by atoms with Crippen LogP contribution in [0.5, 0.6) is 5.75 Å². The summed E-state index contributed by atoms with van der Waals surface area (Å²) in [5.41, 5.74) is 1.13. The van der Waals surface area contributed by atoms with Gasteiger partial charge in [-0.25, -0.2) is 9.59 Å². The van der Waals surface area contributed by atoms with Gasteiger partial charge in [0.15, 0.2) is 11.9 Å². The minimum absolute atomic E-state index is 0.0165. The quantitative estimate of drug-likeness (QED) is 0.0704. The van der Waals surface area contributed by atoms with Crippen LogP contribution in [0.1, 0.15) is 62.9 Å². The lowest BCUT2D eigenvalue weighted by Crippen LogP contribution is -2.61. The molecular weight excluding hydrogens is 620 g/mol. The summed E-state index contributed by atoms with van der Waals surface area (Å²) in [6.07, 6.45) is -11.9. The summed E-state index contributed by atoms with van der Waals surface area (Å²) in [5, 5.41) is 51.4. The van der Waals surface area contributed by atoms with Crippen LogP contribution < -0.4 is 15.5 Å². The van der Waals surface area contributed by atoms with Crippen LogP contribution in [-0.4, -0.2) is 110 Å². The number of nitrogens with one attached hydrogen (secondary N) is 2. The van der Waals surface area contributed by atoms with Gasteiger partial charge in [-0.05, 0) is 44.9 Å². The first-order valence-corrected chi connectivity index (χ1v) is 13.9. The highest BCUT2D eigenvalue weighted by Gasteiger charge is 2.48. The summed E-state index contributed by atoms with van der Waals surface area (Å²) in [6, 6.07) is 2.12. The number of aliphatic hydroxyl groups excluding tert-OH is 3. The van der Waals surface area contributed by atoms with Gasteiger partial charge in [0.25, 0.3) is 5.91 Å². The number of Topliss-reactive ketones (excluding diaryl/α,β-unsaturated/α-hetero) is 1. The summed E-state index contributed by atoms with van der Waals surface area (Å²) in [6.45, 7) is 5.61. The van der Waals surface area contributed by atoms with Crippen LogP contribution in [0.15, 0.2) is 18.2 Å². The van der Waals surface area contributed by atoms with Crippen molar-refractivity contribution in [3.05, 3.63) is 29.3 Å². The number of aliphatic hydroxyl groups is 3. The zero-order valence-corrected chi connectivity index (χ0v) is 25.5. The SMILES string of the molecule is CC(=O)OCc1ccc(O[C@@H]2O[C@H](C(=O)O)[C@@H](O)[C@H](O)[C@H]2O)c(C(=O)N[C@@H](CC(=O)O)C(=O)CCCONC(=O)OC(C)(C)C)c1. The fourth-order valence-corrected chi connectivity index (χ4v) is 3.96. The molecular formula is C28H38N2O16. The number of benzene rings is 1. The molecule has 46 heavy (non-hydrogen) atoms.